The first kappa shape index (κ1) is 9.83. The summed E-state index contributed by atoms with van der Waals surface area (Å²) < 4.78 is 0. The SMILES string of the molecule is CCC12CCCN3CCC(C(=O)CC1)C32. The quantitative estimate of drug-likeness (QED) is 0.657. The topological polar surface area (TPSA) is 20.3 Å². The van der Waals surface area contributed by atoms with Crippen molar-refractivity contribution in [1.82, 2.24) is 4.90 Å². The molecular weight excluding hydrogens is 186 g/mol. The van der Waals surface area contributed by atoms with E-state index in [1.54, 1.807) is 0 Å². The van der Waals surface area contributed by atoms with Gasteiger partial charge < -0.3 is 0 Å². The number of piperidine rings is 1. The van der Waals surface area contributed by atoms with E-state index in [9.17, 15) is 4.79 Å². The van der Waals surface area contributed by atoms with E-state index < -0.39 is 0 Å². The van der Waals surface area contributed by atoms with Crippen LogP contribution in [-0.2, 0) is 4.79 Å². The van der Waals surface area contributed by atoms with Crippen molar-refractivity contribution < 1.29 is 4.79 Å². The van der Waals surface area contributed by atoms with Gasteiger partial charge in [0.1, 0.15) is 5.78 Å². The Balaban J connectivity index is 1.97. The minimum atomic E-state index is 0.402. The molecular formula is C13H21NO. The zero-order valence-electron chi connectivity index (χ0n) is 9.67. The standard InChI is InChI=1S/C13H21NO/c1-2-13-6-3-8-14-9-5-10(12(13)14)11(15)4-7-13/h10,12H,2-9H2,1H3. The van der Waals surface area contributed by atoms with Crippen molar-refractivity contribution in [2.24, 2.45) is 11.3 Å². The highest BCUT2D eigenvalue weighted by Crippen LogP contribution is 2.52. The maximum absolute atomic E-state index is 11.9. The van der Waals surface area contributed by atoms with Gasteiger partial charge in [-0.15, -0.1) is 0 Å². The number of Topliss-reactive ketones (excluding diaryl/α,β-unsaturated/α-hetero) is 1. The average molecular weight is 207 g/mol. The molecule has 2 aliphatic heterocycles. The van der Waals surface area contributed by atoms with E-state index in [0.29, 0.717) is 23.2 Å². The predicted molar refractivity (Wildman–Crippen MR) is 59.7 cm³/mol. The Labute approximate surface area is 92.0 Å². The first-order valence-electron chi connectivity index (χ1n) is 6.54. The molecule has 15 heavy (non-hydrogen) atoms. The smallest absolute Gasteiger partial charge is 0.137 e. The molecule has 0 aromatic rings. The lowest BCUT2D eigenvalue weighted by Crippen LogP contribution is -2.55. The largest absolute Gasteiger partial charge is 0.299 e. The summed E-state index contributed by atoms with van der Waals surface area (Å²) in [7, 11) is 0. The van der Waals surface area contributed by atoms with Gasteiger partial charge in [0.05, 0.1) is 0 Å². The minimum Gasteiger partial charge on any atom is -0.299 e. The van der Waals surface area contributed by atoms with Crippen LogP contribution in [0.1, 0.15) is 45.4 Å². The van der Waals surface area contributed by atoms with Gasteiger partial charge in [0.2, 0.25) is 0 Å². The number of carbonyl (C=O) groups excluding carboxylic acids is 1. The molecule has 0 bridgehead atoms. The van der Waals surface area contributed by atoms with E-state index in [1.807, 2.05) is 0 Å². The molecule has 1 saturated carbocycles. The van der Waals surface area contributed by atoms with E-state index in [2.05, 4.69) is 11.8 Å². The summed E-state index contributed by atoms with van der Waals surface area (Å²) in [5.41, 5.74) is 0.507. The summed E-state index contributed by atoms with van der Waals surface area (Å²) in [4.78, 5) is 14.6. The van der Waals surface area contributed by atoms with Gasteiger partial charge in [-0.1, -0.05) is 6.92 Å². The number of carbonyl (C=O) groups is 1. The first-order valence-corrected chi connectivity index (χ1v) is 6.54. The third-order valence-corrected chi connectivity index (χ3v) is 5.24. The van der Waals surface area contributed by atoms with E-state index in [4.69, 9.17) is 0 Å². The third kappa shape index (κ3) is 1.24. The molecule has 0 amide bonds. The number of ketones is 1. The molecule has 3 fully saturated rings. The molecule has 0 radical (unpaired) electrons. The Morgan fingerprint density at radius 2 is 2.27 bits per heavy atom. The van der Waals surface area contributed by atoms with Crippen LogP contribution in [0.5, 0.6) is 0 Å². The Morgan fingerprint density at radius 3 is 3.07 bits per heavy atom. The predicted octanol–water partition coefficient (Wildman–Crippen LogP) is 2.23. The summed E-state index contributed by atoms with van der Waals surface area (Å²) >= 11 is 0. The van der Waals surface area contributed by atoms with Crippen LogP contribution in [0.2, 0.25) is 0 Å². The van der Waals surface area contributed by atoms with Crippen molar-refractivity contribution >= 4 is 5.78 Å². The van der Waals surface area contributed by atoms with Gasteiger partial charge in [-0.2, -0.15) is 0 Å². The van der Waals surface area contributed by atoms with Gasteiger partial charge in [-0.25, -0.2) is 0 Å². The Bertz CT molecular complexity index is 288. The Kier molecular flexibility index (Phi) is 2.17. The van der Waals surface area contributed by atoms with Crippen LogP contribution in [0.25, 0.3) is 0 Å². The number of hydrogen-bond donors (Lipinski definition) is 0. The van der Waals surface area contributed by atoms with Crippen molar-refractivity contribution in [1.29, 1.82) is 0 Å². The Hall–Kier alpha value is -0.370. The van der Waals surface area contributed by atoms with Crippen molar-refractivity contribution in [2.45, 2.75) is 51.5 Å². The van der Waals surface area contributed by atoms with Crippen LogP contribution in [-0.4, -0.2) is 29.8 Å². The second kappa shape index (κ2) is 3.31. The van der Waals surface area contributed by atoms with E-state index in [1.165, 1.54) is 38.8 Å². The van der Waals surface area contributed by atoms with E-state index >= 15 is 0 Å². The van der Waals surface area contributed by atoms with Crippen molar-refractivity contribution in [3.8, 4) is 0 Å². The molecule has 3 rings (SSSR count). The summed E-state index contributed by atoms with van der Waals surface area (Å²) in [6, 6.07) is 0.623. The Morgan fingerprint density at radius 1 is 1.40 bits per heavy atom. The number of nitrogens with zero attached hydrogens (tertiary/aromatic N) is 1. The molecule has 84 valence electrons. The van der Waals surface area contributed by atoms with Gasteiger partial charge in [-0.05, 0) is 50.6 Å². The highest BCUT2D eigenvalue weighted by Gasteiger charge is 2.54. The van der Waals surface area contributed by atoms with Crippen LogP contribution in [0, 0.1) is 11.3 Å². The molecule has 2 saturated heterocycles. The first-order chi connectivity index (χ1) is 7.27. The molecule has 0 N–H and O–H groups in total. The molecule has 3 aliphatic rings. The van der Waals surface area contributed by atoms with Gasteiger partial charge in [0, 0.05) is 18.4 Å². The fourth-order valence-electron chi connectivity index (χ4n) is 4.43. The lowest BCUT2D eigenvalue weighted by molar-refractivity contribution is -0.132. The van der Waals surface area contributed by atoms with Crippen LogP contribution in [0.4, 0.5) is 0 Å². The molecule has 3 atom stereocenters. The van der Waals surface area contributed by atoms with E-state index in [0.717, 1.165) is 12.8 Å². The van der Waals surface area contributed by atoms with Crippen LogP contribution in [0.15, 0.2) is 0 Å². The van der Waals surface area contributed by atoms with Crippen molar-refractivity contribution in [3.05, 3.63) is 0 Å². The molecule has 3 unspecified atom stereocenters. The average Bonchev–Trinajstić information content (AvgIpc) is 2.70. The zero-order chi connectivity index (χ0) is 10.5. The van der Waals surface area contributed by atoms with Crippen LogP contribution >= 0.6 is 0 Å². The number of rotatable bonds is 1. The van der Waals surface area contributed by atoms with Gasteiger partial charge in [0.25, 0.3) is 0 Å². The molecule has 2 heterocycles. The molecule has 2 heteroatoms. The van der Waals surface area contributed by atoms with Crippen molar-refractivity contribution in [2.75, 3.05) is 13.1 Å². The molecule has 0 spiro atoms. The third-order valence-electron chi connectivity index (χ3n) is 5.24. The van der Waals surface area contributed by atoms with Crippen molar-refractivity contribution in [3.63, 3.8) is 0 Å². The van der Waals surface area contributed by atoms with Gasteiger partial charge >= 0.3 is 0 Å². The highest BCUT2D eigenvalue weighted by molar-refractivity contribution is 5.83. The molecule has 1 aliphatic carbocycles. The molecule has 0 aromatic carbocycles. The minimum absolute atomic E-state index is 0.402. The summed E-state index contributed by atoms with van der Waals surface area (Å²) in [5.74, 6) is 0.965. The van der Waals surface area contributed by atoms with Gasteiger partial charge in [-0.3, -0.25) is 9.69 Å². The van der Waals surface area contributed by atoms with Gasteiger partial charge in [0.15, 0.2) is 0 Å². The van der Waals surface area contributed by atoms with Crippen LogP contribution in [0.3, 0.4) is 0 Å². The summed E-state index contributed by atoms with van der Waals surface area (Å²) in [5, 5.41) is 0. The van der Waals surface area contributed by atoms with Crippen LogP contribution < -0.4 is 0 Å². The second-order valence-corrected chi connectivity index (χ2v) is 5.66. The number of hydrogen-bond acceptors (Lipinski definition) is 2. The molecule has 0 aromatic heterocycles. The fraction of sp³-hybridized carbons (Fsp3) is 0.923. The zero-order valence-corrected chi connectivity index (χ0v) is 9.67. The maximum Gasteiger partial charge on any atom is 0.137 e. The second-order valence-electron chi connectivity index (χ2n) is 5.66. The lowest BCUT2D eigenvalue weighted by atomic mass is 9.61. The summed E-state index contributed by atoms with van der Waals surface area (Å²) in [6.45, 7) is 4.76. The van der Waals surface area contributed by atoms with E-state index in [-0.39, 0.29) is 0 Å². The maximum atomic E-state index is 11.9. The summed E-state index contributed by atoms with van der Waals surface area (Å²) in [6.07, 6.45) is 7.17. The monoisotopic (exact) mass is 207 g/mol. The highest BCUT2D eigenvalue weighted by atomic mass is 16.1. The lowest BCUT2D eigenvalue weighted by Gasteiger charge is -2.51. The fourth-order valence-corrected chi connectivity index (χ4v) is 4.43. The normalized spacial score (nSPS) is 45.5. The molecule has 2 nitrogen and oxygen atoms in total.